The predicted octanol–water partition coefficient (Wildman–Crippen LogP) is 1.81. The lowest BCUT2D eigenvalue weighted by atomic mass is 9.51. The van der Waals surface area contributed by atoms with Crippen molar-refractivity contribution in [1.29, 1.82) is 0 Å². The highest BCUT2D eigenvalue weighted by atomic mass is 35.5. The van der Waals surface area contributed by atoms with E-state index in [1.807, 2.05) is 0 Å². The molecule has 2 N–H and O–H groups in total. The number of nitrogens with one attached hydrogen (secondary N) is 2. The van der Waals surface area contributed by atoms with Gasteiger partial charge in [0.05, 0.1) is 0 Å². The Labute approximate surface area is 127 Å². The van der Waals surface area contributed by atoms with Crippen molar-refractivity contribution in [2.45, 2.75) is 38.1 Å². The molecule has 1 heterocycles. The van der Waals surface area contributed by atoms with Gasteiger partial charge in [0.1, 0.15) is 0 Å². The second-order valence-corrected chi connectivity index (χ2v) is 7.98. The minimum Gasteiger partial charge on any atom is -0.352 e. The first-order valence-corrected chi connectivity index (χ1v) is 8.30. The molecule has 6 rings (SSSR count). The Morgan fingerprint density at radius 1 is 0.900 bits per heavy atom. The molecule has 5 saturated carbocycles. The summed E-state index contributed by atoms with van der Waals surface area (Å²) in [5.41, 5.74) is 0. The zero-order chi connectivity index (χ0) is 12.6. The second kappa shape index (κ2) is 4.61. The van der Waals surface area contributed by atoms with Gasteiger partial charge >= 0.3 is 0 Å². The molecule has 1 saturated heterocycles. The van der Waals surface area contributed by atoms with Gasteiger partial charge in [-0.25, -0.2) is 0 Å². The maximum absolute atomic E-state index is 12.7. The van der Waals surface area contributed by atoms with E-state index in [1.165, 1.54) is 32.1 Å². The van der Waals surface area contributed by atoms with Crippen LogP contribution in [0.1, 0.15) is 32.1 Å². The normalized spacial score (nSPS) is 54.2. The van der Waals surface area contributed by atoms with E-state index in [4.69, 9.17) is 0 Å². The molecular weight excluding hydrogens is 272 g/mol. The molecule has 5 aliphatic carbocycles. The molecular formula is C16H25ClN2O. The van der Waals surface area contributed by atoms with Gasteiger partial charge in [-0.2, -0.15) is 0 Å². The highest BCUT2D eigenvalue weighted by molar-refractivity contribution is 5.85. The number of rotatable bonds is 2. The molecule has 2 atom stereocenters. The number of carbonyl (C=O) groups excluding carboxylic acids is 1. The van der Waals surface area contributed by atoms with Gasteiger partial charge in [0.2, 0.25) is 5.91 Å². The third-order valence-corrected chi connectivity index (χ3v) is 6.93. The van der Waals surface area contributed by atoms with Crippen molar-refractivity contribution in [2.75, 3.05) is 13.1 Å². The van der Waals surface area contributed by atoms with Crippen LogP contribution in [0.2, 0.25) is 0 Å². The molecule has 2 unspecified atom stereocenters. The fraction of sp³-hybridized carbons (Fsp3) is 0.938. The maximum Gasteiger partial charge on any atom is 0.223 e. The number of fused-ring (bicyclic) bond motifs is 1. The zero-order valence-electron chi connectivity index (χ0n) is 11.9. The van der Waals surface area contributed by atoms with Crippen molar-refractivity contribution in [2.24, 2.45) is 41.4 Å². The van der Waals surface area contributed by atoms with Crippen LogP contribution in [0.3, 0.4) is 0 Å². The Morgan fingerprint density at radius 3 is 2.00 bits per heavy atom. The minimum atomic E-state index is 0. The van der Waals surface area contributed by atoms with Gasteiger partial charge < -0.3 is 10.6 Å². The van der Waals surface area contributed by atoms with Crippen LogP contribution >= 0.6 is 12.4 Å². The fourth-order valence-electron chi connectivity index (χ4n) is 6.25. The maximum atomic E-state index is 12.7. The van der Waals surface area contributed by atoms with Crippen LogP contribution in [0.25, 0.3) is 0 Å². The Morgan fingerprint density at radius 2 is 1.45 bits per heavy atom. The van der Waals surface area contributed by atoms with E-state index < -0.39 is 0 Å². The van der Waals surface area contributed by atoms with Crippen LogP contribution in [0, 0.1) is 41.4 Å². The van der Waals surface area contributed by atoms with Gasteiger partial charge in [0.15, 0.2) is 0 Å². The lowest BCUT2D eigenvalue weighted by molar-refractivity contribution is -0.138. The van der Waals surface area contributed by atoms with E-state index in [2.05, 4.69) is 10.6 Å². The Hall–Kier alpha value is -0.280. The molecule has 4 heteroatoms. The number of hydrogen-bond acceptors (Lipinski definition) is 2. The summed E-state index contributed by atoms with van der Waals surface area (Å²) in [4.78, 5) is 12.7. The molecule has 6 aliphatic rings. The van der Waals surface area contributed by atoms with Crippen molar-refractivity contribution >= 4 is 18.3 Å². The summed E-state index contributed by atoms with van der Waals surface area (Å²) in [5.74, 6) is 5.70. The van der Waals surface area contributed by atoms with Gasteiger partial charge in [-0.15, -0.1) is 12.4 Å². The molecule has 3 nitrogen and oxygen atoms in total. The molecule has 0 aromatic rings. The Kier molecular flexibility index (Phi) is 3.08. The van der Waals surface area contributed by atoms with Crippen LogP contribution in [0.5, 0.6) is 0 Å². The van der Waals surface area contributed by atoms with Crippen LogP contribution in [-0.4, -0.2) is 25.0 Å². The first-order valence-electron chi connectivity index (χ1n) is 8.30. The molecule has 1 aliphatic heterocycles. The number of hydrogen-bond donors (Lipinski definition) is 2. The van der Waals surface area contributed by atoms with Gasteiger partial charge in [-0.1, -0.05) is 0 Å². The molecule has 20 heavy (non-hydrogen) atoms. The van der Waals surface area contributed by atoms with Gasteiger partial charge in [0, 0.05) is 25.0 Å². The lowest BCUT2D eigenvalue weighted by Gasteiger charge is -2.53. The molecule has 4 bridgehead atoms. The highest BCUT2D eigenvalue weighted by Crippen LogP contribution is 2.56. The average molecular weight is 297 g/mol. The predicted molar refractivity (Wildman–Crippen MR) is 79.6 cm³/mol. The first-order chi connectivity index (χ1) is 9.29. The first kappa shape index (κ1) is 13.4. The summed E-state index contributed by atoms with van der Waals surface area (Å²) < 4.78 is 0. The summed E-state index contributed by atoms with van der Waals surface area (Å²) >= 11 is 0. The summed E-state index contributed by atoms with van der Waals surface area (Å²) in [6, 6.07) is 0.519. The molecule has 0 aromatic heterocycles. The van der Waals surface area contributed by atoms with Crippen LogP contribution in [-0.2, 0) is 4.79 Å². The molecule has 112 valence electrons. The standard InChI is InChI=1S/C16H24N2O.ClH/c19-16(18-15-12-6-17-7-13(12)15)14-10-2-8-1-9(4-10)5-11(14)3-8;/h8-15,17H,1-7H2,(H,18,19);1H. The number of amides is 1. The summed E-state index contributed by atoms with van der Waals surface area (Å²) in [5, 5.41) is 6.81. The number of carbonyl (C=O) groups is 1. The fourth-order valence-corrected chi connectivity index (χ4v) is 6.25. The van der Waals surface area contributed by atoms with Crippen LogP contribution in [0.4, 0.5) is 0 Å². The van der Waals surface area contributed by atoms with E-state index in [9.17, 15) is 4.79 Å². The summed E-state index contributed by atoms with van der Waals surface area (Å²) in [6.07, 6.45) is 6.88. The summed E-state index contributed by atoms with van der Waals surface area (Å²) in [7, 11) is 0. The van der Waals surface area contributed by atoms with Gasteiger partial charge in [0.25, 0.3) is 0 Å². The minimum absolute atomic E-state index is 0. The molecule has 0 radical (unpaired) electrons. The largest absolute Gasteiger partial charge is 0.352 e. The molecule has 0 aromatic carbocycles. The van der Waals surface area contributed by atoms with Crippen LogP contribution < -0.4 is 10.6 Å². The van der Waals surface area contributed by atoms with E-state index in [1.54, 1.807) is 0 Å². The number of piperidine rings is 1. The second-order valence-electron chi connectivity index (χ2n) is 7.98. The number of halogens is 1. The third kappa shape index (κ3) is 1.85. The van der Waals surface area contributed by atoms with Crippen LogP contribution in [0.15, 0.2) is 0 Å². The summed E-state index contributed by atoms with van der Waals surface area (Å²) in [6.45, 7) is 2.24. The Balaban J connectivity index is 0.00000106. The van der Waals surface area contributed by atoms with E-state index in [0.717, 1.165) is 48.6 Å². The molecule has 6 fully saturated rings. The van der Waals surface area contributed by atoms with Crippen molar-refractivity contribution in [3.63, 3.8) is 0 Å². The smallest absolute Gasteiger partial charge is 0.223 e. The molecule has 1 amide bonds. The van der Waals surface area contributed by atoms with Crippen molar-refractivity contribution < 1.29 is 4.79 Å². The monoisotopic (exact) mass is 296 g/mol. The topological polar surface area (TPSA) is 41.1 Å². The molecule has 0 spiro atoms. The van der Waals surface area contributed by atoms with E-state index in [-0.39, 0.29) is 12.4 Å². The highest BCUT2D eigenvalue weighted by Gasteiger charge is 2.56. The van der Waals surface area contributed by atoms with E-state index in [0.29, 0.717) is 17.9 Å². The lowest BCUT2D eigenvalue weighted by Crippen LogP contribution is -2.51. The van der Waals surface area contributed by atoms with Crippen molar-refractivity contribution in [3.8, 4) is 0 Å². The third-order valence-electron chi connectivity index (χ3n) is 6.93. The zero-order valence-corrected chi connectivity index (χ0v) is 12.7. The average Bonchev–Trinajstić information content (AvgIpc) is 2.82. The van der Waals surface area contributed by atoms with E-state index >= 15 is 0 Å². The quantitative estimate of drug-likeness (QED) is 0.816. The SMILES string of the molecule is Cl.O=C(NC1C2CNCC21)C1C2CC3CC(C2)CC1C3. The van der Waals surface area contributed by atoms with Crippen molar-refractivity contribution in [3.05, 3.63) is 0 Å². The Bertz CT molecular complexity index is 389. The van der Waals surface area contributed by atoms with Gasteiger partial charge in [-0.05, 0) is 67.6 Å². The van der Waals surface area contributed by atoms with Gasteiger partial charge in [-0.3, -0.25) is 4.79 Å². The van der Waals surface area contributed by atoms with Crippen molar-refractivity contribution in [1.82, 2.24) is 10.6 Å².